The number of benzene rings is 1. The van der Waals surface area contributed by atoms with Gasteiger partial charge >= 0.3 is 6.09 Å². The fourth-order valence-corrected chi connectivity index (χ4v) is 1.84. The molecule has 6 heteroatoms. The maximum absolute atomic E-state index is 12.1. The molecule has 1 aromatic heterocycles. The molecule has 0 aliphatic heterocycles. The van der Waals surface area contributed by atoms with Gasteiger partial charge in [-0.05, 0) is 12.1 Å². The van der Waals surface area contributed by atoms with Crippen molar-refractivity contribution in [2.45, 2.75) is 6.42 Å². The van der Waals surface area contributed by atoms with Gasteiger partial charge in [0.15, 0.2) is 0 Å². The van der Waals surface area contributed by atoms with Crippen molar-refractivity contribution < 1.29 is 9.53 Å². The van der Waals surface area contributed by atoms with Crippen LogP contribution in [-0.4, -0.2) is 29.3 Å². The van der Waals surface area contributed by atoms with Crippen LogP contribution in [0, 0.1) is 0 Å². The molecule has 1 N–H and O–H groups in total. The van der Waals surface area contributed by atoms with Gasteiger partial charge in [-0.15, -0.1) is 0 Å². The Bertz CT molecular complexity index is 664. The molecule has 0 saturated heterocycles. The number of nitrogens with one attached hydrogen (secondary N) is 1. The van der Waals surface area contributed by atoms with Gasteiger partial charge in [-0.25, -0.2) is 9.78 Å². The minimum atomic E-state index is -0.495. The first kappa shape index (κ1) is 13.1. The minimum Gasteiger partial charge on any atom is -0.453 e. The van der Waals surface area contributed by atoms with Gasteiger partial charge in [-0.2, -0.15) is 0 Å². The molecule has 0 atom stereocenters. The van der Waals surface area contributed by atoms with Crippen molar-refractivity contribution in [1.29, 1.82) is 0 Å². The zero-order chi connectivity index (χ0) is 13.8. The number of ether oxygens (including phenoxy) is 1. The number of rotatable bonds is 3. The fourth-order valence-electron chi connectivity index (χ4n) is 1.84. The highest BCUT2D eigenvalue weighted by molar-refractivity contribution is 5.77. The number of alkyl carbamates (subject to hydrolysis) is 1. The number of nitrogens with zero attached hydrogens (tertiary/aromatic N) is 2. The Balaban J connectivity index is 2.26. The molecule has 0 unspecified atom stereocenters. The van der Waals surface area contributed by atoms with Gasteiger partial charge in [0.2, 0.25) is 0 Å². The molecule has 2 rings (SSSR count). The highest BCUT2D eigenvalue weighted by Gasteiger charge is 2.08. The fraction of sp³-hybridized carbons (Fsp3) is 0.308. The van der Waals surface area contributed by atoms with E-state index in [9.17, 15) is 9.59 Å². The number of aromatic nitrogens is 2. The molecular weight excluding hydrogens is 246 g/mol. The van der Waals surface area contributed by atoms with Gasteiger partial charge in [0.1, 0.15) is 5.82 Å². The molecule has 19 heavy (non-hydrogen) atoms. The number of hydrogen-bond acceptors (Lipinski definition) is 4. The van der Waals surface area contributed by atoms with E-state index in [2.05, 4.69) is 15.0 Å². The lowest BCUT2D eigenvalue weighted by atomic mass is 10.2. The largest absolute Gasteiger partial charge is 0.453 e. The lowest BCUT2D eigenvalue weighted by molar-refractivity contribution is 0.171. The van der Waals surface area contributed by atoms with Crippen LogP contribution in [0.5, 0.6) is 0 Å². The molecule has 1 heterocycles. The topological polar surface area (TPSA) is 73.2 Å². The van der Waals surface area contributed by atoms with E-state index >= 15 is 0 Å². The number of fused-ring (bicyclic) bond motifs is 1. The zero-order valence-electron chi connectivity index (χ0n) is 10.8. The Morgan fingerprint density at radius 1 is 1.42 bits per heavy atom. The standard InChI is InChI=1S/C13H15N3O3/c1-16-11(7-8-14-13(18)19-2)15-10-6-4-3-5-9(10)12(16)17/h3-6H,7-8H2,1-2H3,(H,14,18). The number of carbonyl (C=O) groups excluding carboxylic acids is 1. The van der Waals surface area contributed by atoms with Crippen LogP contribution in [-0.2, 0) is 18.2 Å². The first-order valence-corrected chi connectivity index (χ1v) is 5.90. The van der Waals surface area contributed by atoms with E-state index in [1.165, 1.54) is 11.7 Å². The summed E-state index contributed by atoms with van der Waals surface area (Å²) >= 11 is 0. The van der Waals surface area contributed by atoms with Crippen LogP contribution in [0.1, 0.15) is 5.82 Å². The van der Waals surface area contributed by atoms with E-state index in [4.69, 9.17) is 0 Å². The summed E-state index contributed by atoms with van der Waals surface area (Å²) in [5, 5.41) is 3.15. The van der Waals surface area contributed by atoms with E-state index in [-0.39, 0.29) is 5.56 Å². The van der Waals surface area contributed by atoms with E-state index in [1.807, 2.05) is 12.1 Å². The van der Waals surface area contributed by atoms with E-state index in [1.54, 1.807) is 19.2 Å². The summed E-state index contributed by atoms with van der Waals surface area (Å²) in [5.74, 6) is 0.625. The Morgan fingerprint density at radius 2 is 2.16 bits per heavy atom. The summed E-state index contributed by atoms with van der Waals surface area (Å²) in [6, 6.07) is 7.20. The molecular formula is C13H15N3O3. The summed E-state index contributed by atoms with van der Waals surface area (Å²) in [6.45, 7) is 0.366. The highest BCUT2D eigenvalue weighted by atomic mass is 16.5. The van der Waals surface area contributed by atoms with Gasteiger partial charge in [0.05, 0.1) is 18.0 Å². The third kappa shape index (κ3) is 2.73. The Labute approximate surface area is 110 Å². The van der Waals surface area contributed by atoms with Crippen LogP contribution in [0.3, 0.4) is 0 Å². The molecule has 6 nitrogen and oxygen atoms in total. The summed E-state index contributed by atoms with van der Waals surface area (Å²) in [5.41, 5.74) is 0.581. The smallest absolute Gasteiger partial charge is 0.406 e. The summed E-state index contributed by atoms with van der Waals surface area (Å²) in [7, 11) is 2.98. The molecule has 0 aliphatic carbocycles. The van der Waals surface area contributed by atoms with Crippen molar-refractivity contribution in [1.82, 2.24) is 14.9 Å². The summed E-state index contributed by atoms with van der Waals surface area (Å²) in [6.07, 6.45) is -0.0307. The third-order valence-corrected chi connectivity index (χ3v) is 2.88. The average Bonchev–Trinajstić information content (AvgIpc) is 2.44. The normalized spacial score (nSPS) is 10.4. The average molecular weight is 261 g/mol. The Kier molecular flexibility index (Phi) is 3.79. The van der Waals surface area contributed by atoms with Gasteiger partial charge in [-0.3, -0.25) is 9.36 Å². The minimum absolute atomic E-state index is 0.0846. The zero-order valence-corrected chi connectivity index (χ0v) is 10.8. The predicted octanol–water partition coefficient (Wildman–Crippen LogP) is 0.832. The van der Waals surface area contributed by atoms with Crippen LogP contribution >= 0.6 is 0 Å². The quantitative estimate of drug-likeness (QED) is 0.888. The monoisotopic (exact) mass is 261 g/mol. The maximum atomic E-state index is 12.1. The molecule has 0 fully saturated rings. The number of hydrogen-bond donors (Lipinski definition) is 1. The molecule has 0 spiro atoms. The van der Waals surface area contributed by atoms with Crippen molar-refractivity contribution >= 4 is 17.0 Å². The van der Waals surface area contributed by atoms with E-state index in [0.717, 1.165) is 0 Å². The van der Waals surface area contributed by atoms with Gasteiger partial charge in [-0.1, -0.05) is 12.1 Å². The lowest BCUT2D eigenvalue weighted by Gasteiger charge is -2.09. The second kappa shape index (κ2) is 5.51. The van der Waals surface area contributed by atoms with Crippen LogP contribution in [0.25, 0.3) is 10.9 Å². The van der Waals surface area contributed by atoms with Crippen LogP contribution in [0.2, 0.25) is 0 Å². The molecule has 1 amide bonds. The molecule has 0 saturated carbocycles. The van der Waals surface area contributed by atoms with Gasteiger partial charge in [0, 0.05) is 20.0 Å². The van der Waals surface area contributed by atoms with Crippen LogP contribution in [0.15, 0.2) is 29.1 Å². The first-order chi connectivity index (χ1) is 9.13. The molecule has 0 bridgehead atoms. The Morgan fingerprint density at radius 3 is 2.89 bits per heavy atom. The van der Waals surface area contributed by atoms with E-state index in [0.29, 0.717) is 29.7 Å². The van der Waals surface area contributed by atoms with Crippen molar-refractivity contribution in [3.8, 4) is 0 Å². The number of methoxy groups -OCH3 is 1. The van der Waals surface area contributed by atoms with Crippen LogP contribution in [0.4, 0.5) is 4.79 Å². The molecule has 0 aliphatic rings. The van der Waals surface area contributed by atoms with Crippen LogP contribution < -0.4 is 10.9 Å². The van der Waals surface area contributed by atoms with E-state index < -0.39 is 6.09 Å². The molecule has 2 aromatic rings. The maximum Gasteiger partial charge on any atom is 0.406 e. The second-order valence-electron chi connectivity index (χ2n) is 4.08. The van der Waals surface area contributed by atoms with Crippen molar-refractivity contribution in [2.24, 2.45) is 7.05 Å². The lowest BCUT2D eigenvalue weighted by Crippen LogP contribution is -2.29. The van der Waals surface area contributed by atoms with Crippen molar-refractivity contribution in [3.63, 3.8) is 0 Å². The molecule has 100 valence electrons. The number of amides is 1. The van der Waals surface area contributed by atoms with Crippen molar-refractivity contribution in [2.75, 3.05) is 13.7 Å². The number of carbonyl (C=O) groups is 1. The third-order valence-electron chi connectivity index (χ3n) is 2.88. The number of para-hydroxylation sites is 1. The van der Waals surface area contributed by atoms with Gasteiger partial charge in [0.25, 0.3) is 5.56 Å². The SMILES string of the molecule is COC(=O)NCCc1nc2ccccc2c(=O)n1C. The van der Waals surface area contributed by atoms with Gasteiger partial charge < -0.3 is 10.1 Å². The molecule has 1 aromatic carbocycles. The first-order valence-electron chi connectivity index (χ1n) is 5.90. The Hall–Kier alpha value is -2.37. The van der Waals surface area contributed by atoms with Crippen molar-refractivity contribution in [3.05, 3.63) is 40.4 Å². The second-order valence-corrected chi connectivity index (χ2v) is 4.08. The molecule has 0 radical (unpaired) electrons. The highest BCUT2D eigenvalue weighted by Crippen LogP contribution is 2.07. The summed E-state index contributed by atoms with van der Waals surface area (Å²) in [4.78, 5) is 27.5. The predicted molar refractivity (Wildman–Crippen MR) is 71.1 cm³/mol. The summed E-state index contributed by atoms with van der Waals surface area (Å²) < 4.78 is 5.97.